The Morgan fingerprint density at radius 3 is 2.32 bits per heavy atom. The Morgan fingerprint density at radius 1 is 0.960 bits per heavy atom. The molecule has 1 aromatic heterocycles. The van der Waals surface area contributed by atoms with Crippen molar-refractivity contribution in [2.24, 2.45) is 0 Å². The molecule has 0 fully saturated rings. The maximum absolute atomic E-state index is 12.4. The lowest BCUT2D eigenvalue weighted by molar-refractivity contribution is 0.102. The van der Waals surface area contributed by atoms with E-state index in [0.29, 0.717) is 11.5 Å². The van der Waals surface area contributed by atoms with E-state index in [2.05, 4.69) is 39.7 Å². The summed E-state index contributed by atoms with van der Waals surface area (Å²) in [5, 5.41) is 6.03. The van der Waals surface area contributed by atoms with Gasteiger partial charge in [-0.15, -0.1) is 0 Å². The molecule has 0 aliphatic heterocycles. The number of carbonyl (C=O) groups excluding carboxylic acids is 1. The van der Waals surface area contributed by atoms with Crippen LogP contribution in [0.2, 0.25) is 0 Å². The Balaban J connectivity index is 1.71. The first-order valence-corrected chi connectivity index (χ1v) is 8.20. The Morgan fingerprint density at radius 2 is 1.64 bits per heavy atom. The molecule has 0 spiro atoms. The second kappa shape index (κ2) is 7.57. The van der Waals surface area contributed by atoms with E-state index in [1.807, 2.05) is 43.3 Å². The van der Waals surface area contributed by atoms with Crippen LogP contribution in [0, 0.1) is 6.92 Å². The van der Waals surface area contributed by atoms with E-state index in [9.17, 15) is 4.79 Å². The molecule has 0 atom stereocenters. The summed E-state index contributed by atoms with van der Waals surface area (Å²) < 4.78 is 0. The summed E-state index contributed by atoms with van der Waals surface area (Å²) in [4.78, 5) is 20.6. The lowest BCUT2D eigenvalue weighted by Crippen LogP contribution is -2.14. The molecule has 0 aliphatic carbocycles. The van der Waals surface area contributed by atoms with Crippen LogP contribution in [0.25, 0.3) is 0 Å². The van der Waals surface area contributed by atoms with Crippen LogP contribution in [0.3, 0.4) is 0 Å². The standard InChI is InChI=1S/C20H20N4O/c1-3-15-6-10-16(11-7-15)23-19-12-18(21-13-22-19)20(25)24-17-8-4-14(2)5-9-17/h4-13H,3H2,1-2H3,(H,24,25)(H,21,22,23). The summed E-state index contributed by atoms with van der Waals surface area (Å²) >= 11 is 0. The molecular formula is C20H20N4O. The molecule has 5 heteroatoms. The van der Waals surface area contributed by atoms with Crippen LogP contribution < -0.4 is 10.6 Å². The average molecular weight is 332 g/mol. The monoisotopic (exact) mass is 332 g/mol. The van der Waals surface area contributed by atoms with E-state index < -0.39 is 0 Å². The maximum atomic E-state index is 12.4. The summed E-state index contributed by atoms with van der Waals surface area (Å²) in [6.45, 7) is 4.12. The summed E-state index contributed by atoms with van der Waals surface area (Å²) in [5.74, 6) is 0.309. The van der Waals surface area contributed by atoms with E-state index >= 15 is 0 Å². The van der Waals surface area contributed by atoms with Gasteiger partial charge in [-0.25, -0.2) is 9.97 Å². The van der Waals surface area contributed by atoms with Crippen molar-refractivity contribution >= 4 is 23.1 Å². The van der Waals surface area contributed by atoms with Gasteiger partial charge in [0, 0.05) is 17.4 Å². The first kappa shape index (κ1) is 16.6. The number of aromatic nitrogens is 2. The van der Waals surface area contributed by atoms with Crippen LogP contribution >= 0.6 is 0 Å². The molecule has 3 rings (SSSR count). The largest absolute Gasteiger partial charge is 0.340 e. The van der Waals surface area contributed by atoms with Gasteiger partial charge in [0.2, 0.25) is 0 Å². The number of carbonyl (C=O) groups is 1. The fraction of sp³-hybridized carbons (Fsp3) is 0.150. The number of anilines is 3. The van der Waals surface area contributed by atoms with Crippen molar-refractivity contribution in [3.8, 4) is 0 Å². The molecule has 0 bridgehead atoms. The topological polar surface area (TPSA) is 66.9 Å². The van der Waals surface area contributed by atoms with Gasteiger partial charge in [-0.05, 0) is 43.2 Å². The normalized spacial score (nSPS) is 10.3. The molecule has 1 heterocycles. The minimum atomic E-state index is -0.268. The molecule has 0 saturated carbocycles. The van der Waals surface area contributed by atoms with Crippen molar-refractivity contribution in [3.63, 3.8) is 0 Å². The molecule has 25 heavy (non-hydrogen) atoms. The van der Waals surface area contributed by atoms with Crippen LogP contribution in [-0.2, 0) is 6.42 Å². The number of hydrogen-bond acceptors (Lipinski definition) is 4. The first-order chi connectivity index (χ1) is 12.1. The highest BCUT2D eigenvalue weighted by molar-refractivity contribution is 6.03. The number of nitrogens with one attached hydrogen (secondary N) is 2. The van der Waals surface area contributed by atoms with Crippen molar-refractivity contribution in [2.75, 3.05) is 10.6 Å². The molecule has 2 N–H and O–H groups in total. The fourth-order valence-corrected chi connectivity index (χ4v) is 2.35. The number of rotatable bonds is 5. The molecular weight excluding hydrogens is 312 g/mol. The number of aryl methyl sites for hydroxylation is 2. The fourth-order valence-electron chi connectivity index (χ4n) is 2.35. The summed E-state index contributed by atoms with van der Waals surface area (Å²) in [5.41, 5.74) is 4.37. The quantitative estimate of drug-likeness (QED) is 0.729. The highest BCUT2D eigenvalue weighted by Gasteiger charge is 2.09. The highest BCUT2D eigenvalue weighted by atomic mass is 16.1. The van der Waals surface area contributed by atoms with E-state index in [4.69, 9.17) is 0 Å². The van der Waals surface area contributed by atoms with Gasteiger partial charge in [0.05, 0.1) is 0 Å². The van der Waals surface area contributed by atoms with E-state index in [1.54, 1.807) is 6.07 Å². The molecule has 0 saturated heterocycles. The Bertz CT molecular complexity index is 858. The van der Waals surface area contributed by atoms with Gasteiger partial charge >= 0.3 is 0 Å². The lowest BCUT2D eigenvalue weighted by Gasteiger charge is -2.08. The molecule has 1 amide bonds. The van der Waals surface area contributed by atoms with Gasteiger partial charge in [0.15, 0.2) is 0 Å². The molecule has 0 aliphatic rings. The Hall–Kier alpha value is -3.21. The summed E-state index contributed by atoms with van der Waals surface area (Å²) in [7, 11) is 0. The Labute approximate surface area is 147 Å². The smallest absolute Gasteiger partial charge is 0.274 e. The van der Waals surface area contributed by atoms with Crippen LogP contribution in [0.1, 0.15) is 28.5 Å². The van der Waals surface area contributed by atoms with E-state index in [1.165, 1.54) is 11.9 Å². The maximum Gasteiger partial charge on any atom is 0.274 e. The SMILES string of the molecule is CCc1ccc(Nc2cc(C(=O)Nc3ccc(C)cc3)ncn2)cc1. The molecule has 2 aromatic carbocycles. The Kier molecular flexibility index (Phi) is 5.04. The molecule has 126 valence electrons. The summed E-state index contributed by atoms with van der Waals surface area (Å²) in [6.07, 6.45) is 2.38. The van der Waals surface area contributed by atoms with Crippen molar-refractivity contribution in [2.45, 2.75) is 20.3 Å². The highest BCUT2D eigenvalue weighted by Crippen LogP contribution is 2.16. The third-order valence-electron chi connectivity index (χ3n) is 3.84. The second-order valence-corrected chi connectivity index (χ2v) is 5.78. The second-order valence-electron chi connectivity index (χ2n) is 5.78. The minimum absolute atomic E-state index is 0.268. The van der Waals surface area contributed by atoms with Gasteiger partial charge in [0.1, 0.15) is 17.8 Å². The zero-order valence-electron chi connectivity index (χ0n) is 14.3. The van der Waals surface area contributed by atoms with Gasteiger partial charge < -0.3 is 10.6 Å². The summed E-state index contributed by atoms with van der Waals surface area (Å²) in [6, 6.07) is 17.4. The van der Waals surface area contributed by atoms with Crippen LogP contribution in [0.4, 0.5) is 17.2 Å². The predicted molar refractivity (Wildman–Crippen MR) is 100 cm³/mol. The number of hydrogen-bond donors (Lipinski definition) is 2. The van der Waals surface area contributed by atoms with Crippen LogP contribution in [0.15, 0.2) is 60.9 Å². The van der Waals surface area contributed by atoms with Crippen molar-refractivity contribution in [3.05, 3.63) is 77.7 Å². The predicted octanol–water partition coefficient (Wildman–Crippen LogP) is 4.34. The average Bonchev–Trinajstić information content (AvgIpc) is 2.64. The number of amides is 1. The van der Waals surface area contributed by atoms with Crippen LogP contribution in [-0.4, -0.2) is 15.9 Å². The first-order valence-electron chi connectivity index (χ1n) is 8.20. The van der Waals surface area contributed by atoms with Crippen molar-refractivity contribution in [1.29, 1.82) is 0 Å². The molecule has 5 nitrogen and oxygen atoms in total. The van der Waals surface area contributed by atoms with Gasteiger partial charge in [-0.3, -0.25) is 4.79 Å². The zero-order chi connectivity index (χ0) is 17.6. The van der Waals surface area contributed by atoms with Gasteiger partial charge in [-0.2, -0.15) is 0 Å². The number of nitrogens with zero attached hydrogens (tertiary/aromatic N) is 2. The third-order valence-corrected chi connectivity index (χ3v) is 3.84. The van der Waals surface area contributed by atoms with Gasteiger partial charge in [0.25, 0.3) is 5.91 Å². The molecule has 0 unspecified atom stereocenters. The van der Waals surface area contributed by atoms with Crippen LogP contribution in [0.5, 0.6) is 0 Å². The van der Waals surface area contributed by atoms with E-state index in [0.717, 1.165) is 23.4 Å². The van der Waals surface area contributed by atoms with Gasteiger partial charge in [-0.1, -0.05) is 36.8 Å². The third kappa shape index (κ3) is 4.41. The number of benzene rings is 2. The minimum Gasteiger partial charge on any atom is -0.340 e. The lowest BCUT2D eigenvalue weighted by atomic mass is 10.1. The van der Waals surface area contributed by atoms with Crippen molar-refractivity contribution < 1.29 is 4.79 Å². The van der Waals surface area contributed by atoms with E-state index in [-0.39, 0.29) is 5.91 Å². The molecule has 0 radical (unpaired) electrons. The molecule has 3 aromatic rings. The van der Waals surface area contributed by atoms with Crippen molar-refractivity contribution in [1.82, 2.24) is 9.97 Å². The zero-order valence-corrected chi connectivity index (χ0v) is 14.3.